The van der Waals surface area contributed by atoms with E-state index in [1.54, 1.807) is 23.0 Å². The van der Waals surface area contributed by atoms with Gasteiger partial charge in [0.2, 0.25) is 0 Å². The topological polar surface area (TPSA) is 46.9 Å². The van der Waals surface area contributed by atoms with Crippen molar-refractivity contribution >= 4 is 34.5 Å². The number of nitrogens with zero attached hydrogens (tertiary/aromatic N) is 2. The van der Waals surface area contributed by atoms with Crippen LogP contribution in [-0.2, 0) is 6.54 Å². The Hall–Kier alpha value is -1.27. The van der Waals surface area contributed by atoms with Gasteiger partial charge in [0.05, 0.1) is 18.3 Å². The molecule has 2 aromatic rings. The average Bonchev–Trinajstić information content (AvgIpc) is 2.75. The van der Waals surface area contributed by atoms with Crippen LogP contribution in [0.1, 0.15) is 15.9 Å². The minimum absolute atomic E-state index is 0.124. The molecule has 0 aliphatic rings. The fraction of sp³-hybridized carbons (Fsp3) is 0.231. The minimum atomic E-state index is -0.124. The first-order valence-electron chi connectivity index (χ1n) is 5.82. The van der Waals surface area contributed by atoms with Crippen molar-refractivity contribution in [2.45, 2.75) is 18.4 Å². The van der Waals surface area contributed by atoms with Gasteiger partial charge in [0.15, 0.2) is 0 Å². The van der Waals surface area contributed by atoms with E-state index in [-0.39, 0.29) is 5.91 Å². The summed E-state index contributed by atoms with van der Waals surface area (Å²) in [5, 5.41) is 7.01. The number of rotatable bonds is 4. The van der Waals surface area contributed by atoms with Gasteiger partial charge in [-0.2, -0.15) is 5.10 Å². The lowest BCUT2D eigenvalue weighted by Gasteiger charge is -2.07. The van der Waals surface area contributed by atoms with Crippen LogP contribution in [0.15, 0.2) is 40.0 Å². The lowest BCUT2D eigenvalue weighted by molar-refractivity contribution is 0.0949. The van der Waals surface area contributed by atoms with Gasteiger partial charge in [-0.1, -0.05) is 15.9 Å². The molecule has 6 heteroatoms. The van der Waals surface area contributed by atoms with Gasteiger partial charge < -0.3 is 5.32 Å². The van der Waals surface area contributed by atoms with Crippen LogP contribution in [0.4, 0.5) is 0 Å². The highest BCUT2D eigenvalue weighted by Gasteiger charge is 2.09. The first-order valence-corrected chi connectivity index (χ1v) is 7.06. The number of halogens is 1. The Balaban J connectivity index is 1.90. The number of thiol groups is 1. The lowest BCUT2D eigenvalue weighted by Crippen LogP contribution is -2.27. The van der Waals surface area contributed by atoms with E-state index in [1.807, 2.05) is 19.2 Å². The molecule has 1 amide bonds. The second-order valence-electron chi connectivity index (χ2n) is 4.20. The third-order valence-electron chi connectivity index (χ3n) is 2.59. The zero-order valence-electron chi connectivity index (χ0n) is 10.4. The van der Waals surface area contributed by atoms with Crippen LogP contribution in [0, 0.1) is 6.92 Å². The van der Waals surface area contributed by atoms with Crippen LogP contribution < -0.4 is 5.32 Å². The molecule has 0 unspecified atom stereocenters. The molecule has 1 aromatic heterocycles. The summed E-state index contributed by atoms with van der Waals surface area (Å²) in [5.74, 6) is -0.124. The quantitative estimate of drug-likeness (QED) is 0.841. The number of hydrogen-bond donors (Lipinski definition) is 2. The zero-order valence-corrected chi connectivity index (χ0v) is 12.9. The lowest BCUT2D eigenvalue weighted by atomic mass is 10.2. The van der Waals surface area contributed by atoms with E-state index in [0.717, 1.165) is 10.0 Å². The SMILES string of the molecule is Cc1cnn(CCNC(=O)c2ccc(Br)cc2S)c1. The van der Waals surface area contributed by atoms with Crippen molar-refractivity contribution in [2.75, 3.05) is 6.54 Å². The van der Waals surface area contributed by atoms with Crippen molar-refractivity contribution in [3.05, 3.63) is 46.2 Å². The molecule has 1 aromatic carbocycles. The van der Waals surface area contributed by atoms with E-state index in [9.17, 15) is 4.79 Å². The summed E-state index contributed by atoms with van der Waals surface area (Å²) < 4.78 is 2.71. The van der Waals surface area contributed by atoms with E-state index in [1.165, 1.54) is 0 Å². The van der Waals surface area contributed by atoms with Gasteiger partial charge in [-0.3, -0.25) is 9.48 Å². The number of amides is 1. The van der Waals surface area contributed by atoms with E-state index in [4.69, 9.17) is 0 Å². The summed E-state index contributed by atoms with van der Waals surface area (Å²) in [7, 11) is 0. The predicted molar refractivity (Wildman–Crippen MR) is 80.7 cm³/mol. The third-order valence-corrected chi connectivity index (χ3v) is 3.46. The molecule has 0 spiro atoms. The van der Waals surface area contributed by atoms with E-state index in [2.05, 4.69) is 39.0 Å². The molecule has 2 rings (SSSR count). The second-order valence-corrected chi connectivity index (χ2v) is 5.60. The molecule has 4 nitrogen and oxygen atoms in total. The number of nitrogens with one attached hydrogen (secondary N) is 1. The molecule has 0 saturated heterocycles. The van der Waals surface area contributed by atoms with Crippen LogP contribution >= 0.6 is 28.6 Å². The summed E-state index contributed by atoms with van der Waals surface area (Å²) in [6.45, 7) is 3.17. The molecule has 0 fully saturated rings. The van der Waals surface area contributed by atoms with Crippen molar-refractivity contribution in [3.8, 4) is 0 Å². The van der Waals surface area contributed by atoms with Crippen molar-refractivity contribution in [1.82, 2.24) is 15.1 Å². The molecule has 0 aliphatic heterocycles. The van der Waals surface area contributed by atoms with Gasteiger partial charge in [0.1, 0.15) is 0 Å². The Labute approximate surface area is 125 Å². The standard InChI is InChI=1S/C13H14BrN3OS/c1-9-7-16-17(8-9)5-4-15-13(18)11-3-2-10(14)6-12(11)19/h2-3,6-8,19H,4-5H2,1H3,(H,15,18). The highest BCUT2D eigenvalue weighted by Crippen LogP contribution is 2.19. The Morgan fingerprint density at radius 2 is 2.32 bits per heavy atom. The Morgan fingerprint density at radius 1 is 1.53 bits per heavy atom. The van der Waals surface area contributed by atoms with Gasteiger partial charge in [-0.15, -0.1) is 12.6 Å². The summed E-state index contributed by atoms with van der Waals surface area (Å²) in [6.07, 6.45) is 3.73. The molecule has 0 atom stereocenters. The number of aryl methyl sites for hydroxylation is 1. The maximum Gasteiger partial charge on any atom is 0.252 e. The van der Waals surface area contributed by atoms with Crippen LogP contribution in [0.3, 0.4) is 0 Å². The van der Waals surface area contributed by atoms with Crippen molar-refractivity contribution in [1.29, 1.82) is 0 Å². The maximum atomic E-state index is 12.0. The Kier molecular flexibility index (Phi) is 4.66. The van der Waals surface area contributed by atoms with E-state index < -0.39 is 0 Å². The summed E-state index contributed by atoms with van der Waals surface area (Å²) in [5.41, 5.74) is 1.68. The summed E-state index contributed by atoms with van der Waals surface area (Å²) in [4.78, 5) is 12.6. The Morgan fingerprint density at radius 3 is 2.95 bits per heavy atom. The van der Waals surface area contributed by atoms with Gasteiger partial charge in [-0.05, 0) is 30.7 Å². The zero-order chi connectivity index (χ0) is 13.8. The van der Waals surface area contributed by atoms with Gasteiger partial charge in [0, 0.05) is 22.1 Å². The highest BCUT2D eigenvalue weighted by molar-refractivity contribution is 9.10. The molecule has 0 saturated carbocycles. The molecule has 19 heavy (non-hydrogen) atoms. The monoisotopic (exact) mass is 339 g/mol. The number of hydrogen-bond acceptors (Lipinski definition) is 3. The van der Waals surface area contributed by atoms with Crippen LogP contribution in [0.5, 0.6) is 0 Å². The molecule has 1 heterocycles. The first kappa shape index (κ1) is 14.1. The summed E-state index contributed by atoms with van der Waals surface area (Å²) >= 11 is 7.63. The normalized spacial score (nSPS) is 10.5. The third kappa shape index (κ3) is 3.84. The van der Waals surface area contributed by atoms with Crippen LogP contribution in [-0.4, -0.2) is 22.2 Å². The average molecular weight is 340 g/mol. The van der Waals surface area contributed by atoms with Crippen molar-refractivity contribution in [2.24, 2.45) is 0 Å². The van der Waals surface area contributed by atoms with Gasteiger partial charge in [0.25, 0.3) is 5.91 Å². The molecule has 0 radical (unpaired) electrons. The molecule has 0 bridgehead atoms. The second kappa shape index (κ2) is 6.25. The largest absolute Gasteiger partial charge is 0.350 e. The number of carbonyl (C=O) groups is 1. The van der Waals surface area contributed by atoms with E-state index >= 15 is 0 Å². The maximum absolute atomic E-state index is 12.0. The van der Waals surface area contributed by atoms with E-state index in [0.29, 0.717) is 23.5 Å². The van der Waals surface area contributed by atoms with Crippen LogP contribution in [0.2, 0.25) is 0 Å². The van der Waals surface area contributed by atoms with Crippen LogP contribution in [0.25, 0.3) is 0 Å². The van der Waals surface area contributed by atoms with Gasteiger partial charge >= 0.3 is 0 Å². The van der Waals surface area contributed by atoms with Crippen molar-refractivity contribution in [3.63, 3.8) is 0 Å². The first-order chi connectivity index (χ1) is 9.06. The number of carbonyl (C=O) groups excluding carboxylic acids is 1. The number of aromatic nitrogens is 2. The fourth-order valence-electron chi connectivity index (χ4n) is 1.67. The summed E-state index contributed by atoms with van der Waals surface area (Å²) in [6, 6.07) is 5.38. The molecule has 100 valence electrons. The predicted octanol–water partition coefficient (Wildman–Crippen LogP) is 2.67. The molecule has 1 N–H and O–H groups in total. The Bertz CT molecular complexity index is 597. The minimum Gasteiger partial charge on any atom is -0.350 e. The molecule has 0 aliphatic carbocycles. The highest BCUT2D eigenvalue weighted by atomic mass is 79.9. The molecular weight excluding hydrogens is 326 g/mol. The smallest absolute Gasteiger partial charge is 0.252 e. The molecular formula is C13H14BrN3OS. The fourth-order valence-corrected chi connectivity index (χ4v) is 2.52. The van der Waals surface area contributed by atoms with Crippen molar-refractivity contribution < 1.29 is 4.79 Å². The number of benzene rings is 1. The van der Waals surface area contributed by atoms with Gasteiger partial charge in [-0.25, -0.2) is 0 Å².